The SMILES string of the molecule is CC1(C)CC[C@]2(C)C(=O)O[C@@H](COCc3ccccc3)CCC(=O)C[C@H](O)[C@@H]2C1. The molecular weight excluding hydrogens is 368 g/mol. The summed E-state index contributed by atoms with van der Waals surface area (Å²) in [7, 11) is 0. The summed E-state index contributed by atoms with van der Waals surface area (Å²) in [6.45, 7) is 6.92. The van der Waals surface area contributed by atoms with Gasteiger partial charge in [0, 0.05) is 18.8 Å². The maximum Gasteiger partial charge on any atom is 0.312 e. The third-order valence-corrected chi connectivity index (χ3v) is 6.71. The average Bonchev–Trinajstić information content (AvgIpc) is 2.68. The van der Waals surface area contributed by atoms with Gasteiger partial charge in [-0.1, -0.05) is 44.2 Å². The van der Waals surface area contributed by atoms with Gasteiger partial charge < -0.3 is 14.6 Å². The van der Waals surface area contributed by atoms with E-state index in [9.17, 15) is 14.7 Å². The van der Waals surface area contributed by atoms with E-state index in [2.05, 4.69) is 13.8 Å². The smallest absolute Gasteiger partial charge is 0.312 e. The first-order chi connectivity index (χ1) is 13.7. The van der Waals surface area contributed by atoms with E-state index in [4.69, 9.17) is 9.47 Å². The van der Waals surface area contributed by atoms with Crippen LogP contribution >= 0.6 is 0 Å². The minimum absolute atomic E-state index is 0.0224. The third-order valence-electron chi connectivity index (χ3n) is 6.71. The van der Waals surface area contributed by atoms with Crippen LogP contribution < -0.4 is 0 Å². The van der Waals surface area contributed by atoms with E-state index in [-0.39, 0.29) is 42.5 Å². The van der Waals surface area contributed by atoms with Crippen molar-refractivity contribution in [1.82, 2.24) is 0 Å². The second kappa shape index (κ2) is 8.97. The molecule has 0 bridgehead atoms. The van der Waals surface area contributed by atoms with E-state index in [0.717, 1.165) is 12.0 Å². The molecule has 1 saturated heterocycles. The molecule has 0 aromatic heterocycles. The zero-order valence-corrected chi connectivity index (χ0v) is 17.9. The number of benzene rings is 1. The number of esters is 1. The molecule has 5 heteroatoms. The zero-order chi connectivity index (χ0) is 21.1. The molecule has 1 aromatic rings. The molecule has 0 unspecified atom stereocenters. The quantitative estimate of drug-likeness (QED) is 0.769. The number of carbonyl (C=O) groups is 2. The molecule has 4 atom stereocenters. The van der Waals surface area contributed by atoms with Gasteiger partial charge in [0.1, 0.15) is 11.9 Å². The summed E-state index contributed by atoms with van der Waals surface area (Å²) >= 11 is 0. The molecule has 0 spiro atoms. The van der Waals surface area contributed by atoms with E-state index in [1.54, 1.807) is 0 Å². The fraction of sp³-hybridized carbons (Fsp3) is 0.667. The average molecular weight is 403 g/mol. The van der Waals surface area contributed by atoms with Crippen molar-refractivity contribution in [2.24, 2.45) is 16.7 Å². The number of hydrogen-bond acceptors (Lipinski definition) is 5. The molecule has 1 N–H and O–H groups in total. The van der Waals surface area contributed by atoms with Crippen molar-refractivity contribution in [3.8, 4) is 0 Å². The molecule has 1 saturated carbocycles. The van der Waals surface area contributed by atoms with Crippen LogP contribution in [-0.2, 0) is 25.7 Å². The zero-order valence-electron chi connectivity index (χ0n) is 17.9. The van der Waals surface area contributed by atoms with Crippen LogP contribution in [0.15, 0.2) is 30.3 Å². The summed E-state index contributed by atoms with van der Waals surface area (Å²) in [4.78, 5) is 25.6. The molecule has 2 aliphatic rings. The molecule has 2 fully saturated rings. The van der Waals surface area contributed by atoms with Crippen LogP contribution in [0.3, 0.4) is 0 Å². The summed E-state index contributed by atoms with van der Waals surface area (Å²) in [5.41, 5.74) is 0.320. The van der Waals surface area contributed by atoms with Gasteiger partial charge in [0.05, 0.1) is 24.7 Å². The summed E-state index contributed by atoms with van der Waals surface area (Å²) in [5, 5.41) is 10.8. The van der Waals surface area contributed by atoms with Crippen molar-refractivity contribution < 1.29 is 24.2 Å². The van der Waals surface area contributed by atoms with E-state index < -0.39 is 17.6 Å². The maximum absolute atomic E-state index is 13.2. The minimum atomic E-state index is -0.800. The fourth-order valence-electron chi connectivity index (χ4n) is 4.66. The number of fused-ring (bicyclic) bond motifs is 1. The van der Waals surface area contributed by atoms with Crippen LogP contribution in [0.4, 0.5) is 0 Å². The van der Waals surface area contributed by atoms with Crippen molar-refractivity contribution in [1.29, 1.82) is 0 Å². The number of carbonyl (C=O) groups excluding carboxylic acids is 2. The van der Waals surface area contributed by atoms with Crippen molar-refractivity contribution in [3.05, 3.63) is 35.9 Å². The van der Waals surface area contributed by atoms with Gasteiger partial charge in [-0.15, -0.1) is 0 Å². The Labute approximate surface area is 173 Å². The molecule has 5 nitrogen and oxygen atoms in total. The maximum atomic E-state index is 13.2. The van der Waals surface area contributed by atoms with Crippen LogP contribution in [-0.4, -0.2) is 35.7 Å². The Morgan fingerprint density at radius 3 is 2.59 bits per heavy atom. The van der Waals surface area contributed by atoms with E-state index in [1.807, 2.05) is 37.3 Å². The number of aliphatic hydroxyl groups excluding tert-OH is 1. The lowest BCUT2D eigenvalue weighted by atomic mass is 9.57. The number of Topliss-reactive ketones (excluding diaryl/α,β-unsaturated/α-hetero) is 1. The Morgan fingerprint density at radius 1 is 1.14 bits per heavy atom. The summed E-state index contributed by atoms with van der Waals surface area (Å²) in [6.07, 6.45) is 1.85. The first kappa shape index (κ1) is 22.0. The first-order valence-corrected chi connectivity index (χ1v) is 10.7. The molecule has 1 aliphatic heterocycles. The van der Waals surface area contributed by atoms with E-state index >= 15 is 0 Å². The Balaban J connectivity index is 1.71. The van der Waals surface area contributed by atoms with Crippen LogP contribution in [0.2, 0.25) is 0 Å². The molecule has 1 aliphatic carbocycles. The van der Waals surface area contributed by atoms with Crippen molar-refractivity contribution in [3.63, 3.8) is 0 Å². The third kappa shape index (κ3) is 5.46. The van der Waals surface area contributed by atoms with Gasteiger partial charge in [-0.05, 0) is 43.6 Å². The number of cyclic esters (lactones) is 1. The lowest BCUT2D eigenvalue weighted by Crippen LogP contribution is -2.50. The molecule has 1 aromatic carbocycles. The molecule has 3 rings (SSSR count). The predicted octanol–water partition coefficient (Wildman–Crippen LogP) is 4.06. The lowest BCUT2D eigenvalue weighted by molar-refractivity contribution is -0.179. The molecule has 0 amide bonds. The molecular formula is C24H34O5. The van der Waals surface area contributed by atoms with Gasteiger partial charge in [-0.2, -0.15) is 0 Å². The van der Waals surface area contributed by atoms with Crippen LogP contribution in [0.1, 0.15) is 64.9 Å². The highest BCUT2D eigenvalue weighted by Gasteiger charge is 2.52. The van der Waals surface area contributed by atoms with Gasteiger partial charge in [0.2, 0.25) is 0 Å². The number of ketones is 1. The summed E-state index contributed by atoms with van der Waals surface area (Å²) in [5.74, 6) is -0.513. The lowest BCUT2D eigenvalue weighted by Gasteiger charge is -2.48. The number of rotatable bonds is 4. The van der Waals surface area contributed by atoms with Crippen LogP contribution in [0.5, 0.6) is 0 Å². The topological polar surface area (TPSA) is 72.8 Å². The van der Waals surface area contributed by atoms with Crippen LogP contribution in [0.25, 0.3) is 0 Å². The van der Waals surface area contributed by atoms with Gasteiger partial charge in [-0.25, -0.2) is 0 Å². The highest BCUT2D eigenvalue weighted by Crippen LogP contribution is 2.51. The highest BCUT2D eigenvalue weighted by atomic mass is 16.6. The monoisotopic (exact) mass is 402 g/mol. The first-order valence-electron chi connectivity index (χ1n) is 10.7. The largest absolute Gasteiger partial charge is 0.459 e. The Hall–Kier alpha value is -1.72. The van der Waals surface area contributed by atoms with Gasteiger partial charge >= 0.3 is 5.97 Å². The van der Waals surface area contributed by atoms with E-state index in [0.29, 0.717) is 25.9 Å². The van der Waals surface area contributed by atoms with Crippen molar-refractivity contribution in [2.75, 3.05) is 6.61 Å². The van der Waals surface area contributed by atoms with Crippen molar-refractivity contribution >= 4 is 11.8 Å². The summed E-state index contributed by atoms with van der Waals surface area (Å²) < 4.78 is 11.7. The second-order valence-corrected chi connectivity index (χ2v) is 9.77. The number of aliphatic hydroxyl groups is 1. The molecule has 29 heavy (non-hydrogen) atoms. The minimum Gasteiger partial charge on any atom is -0.459 e. The predicted molar refractivity (Wildman–Crippen MR) is 110 cm³/mol. The van der Waals surface area contributed by atoms with Crippen molar-refractivity contribution in [2.45, 2.75) is 78.1 Å². The van der Waals surface area contributed by atoms with Gasteiger partial charge in [0.25, 0.3) is 0 Å². The Bertz CT molecular complexity index is 713. The molecule has 0 radical (unpaired) electrons. The summed E-state index contributed by atoms with van der Waals surface area (Å²) in [6, 6.07) is 9.84. The van der Waals surface area contributed by atoms with E-state index in [1.165, 1.54) is 0 Å². The number of ether oxygens (including phenoxy) is 2. The van der Waals surface area contributed by atoms with Crippen LogP contribution in [0, 0.1) is 16.7 Å². The standard InChI is InChI=1S/C24H34O5/c1-23(2)11-12-24(3)20(14-23)21(26)13-18(25)9-10-19(29-22(24)27)16-28-15-17-7-5-4-6-8-17/h4-8,19-21,26H,9-16H2,1-3H3/t19-,20+,21+,24+/m1/s1. The highest BCUT2D eigenvalue weighted by molar-refractivity contribution is 5.80. The Kier molecular flexibility index (Phi) is 6.79. The second-order valence-electron chi connectivity index (χ2n) is 9.77. The molecule has 1 heterocycles. The molecule has 160 valence electrons. The number of hydrogen-bond donors (Lipinski definition) is 1. The Morgan fingerprint density at radius 2 is 1.86 bits per heavy atom. The van der Waals surface area contributed by atoms with Gasteiger partial charge in [-0.3, -0.25) is 9.59 Å². The van der Waals surface area contributed by atoms with Gasteiger partial charge in [0.15, 0.2) is 0 Å². The normalized spacial score (nSPS) is 32.9. The fourth-order valence-corrected chi connectivity index (χ4v) is 4.66.